The van der Waals surface area contributed by atoms with Crippen LogP contribution in [-0.2, 0) is 4.79 Å². The van der Waals surface area contributed by atoms with E-state index in [2.05, 4.69) is 22.0 Å². The van der Waals surface area contributed by atoms with Crippen molar-refractivity contribution in [3.05, 3.63) is 0 Å². The minimum Gasteiger partial charge on any atom is -0.339 e. The first-order chi connectivity index (χ1) is 9.33. The van der Waals surface area contributed by atoms with E-state index in [0.717, 1.165) is 19.5 Å². The van der Waals surface area contributed by atoms with Crippen LogP contribution in [0.5, 0.6) is 0 Å². The van der Waals surface area contributed by atoms with Crippen molar-refractivity contribution in [3.8, 4) is 0 Å². The Morgan fingerprint density at radius 1 is 1.16 bits per heavy atom. The van der Waals surface area contributed by atoms with Crippen LogP contribution in [0.15, 0.2) is 0 Å². The summed E-state index contributed by atoms with van der Waals surface area (Å²) in [6.45, 7) is 2.06. The molecule has 1 N–H and O–H groups in total. The zero-order chi connectivity index (χ0) is 13.1. The molecule has 0 aromatic heterocycles. The van der Waals surface area contributed by atoms with Crippen molar-refractivity contribution in [2.45, 2.75) is 57.0 Å². The van der Waals surface area contributed by atoms with Gasteiger partial charge in [-0.15, -0.1) is 0 Å². The van der Waals surface area contributed by atoms with Crippen LogP contribution in [0.25, 0.3) is 0 Å². The summed E-state index contributed by atoms with van der Waals surface area (Å²) in [5.74, 6) is 3.57. The lowest BCUT2D eigenvalue weighted by Crippen LogP contribution is -2.38. The summed E-state index contributed by atoms with van der Waals surface area (Å²) in [5.41, 5.74) is 0. The maximum absolute atomic E-state index is 12.1. The van der Waals surface area contributed by atoms with Crippen LogP contribution < -0.4 is 5.32 Å². The summed E-state index contributed by atoms with van der Waals surface area (Å²) in [7, 11) is 0. The van der Waals surface area contributed by atoms with Gasteiger partial charge in [0.15, 0.2) is 0 Å². The maximum Gasteiger partial charge on any atom is 0.223 e. The molecule has 0 radical (unpaired) electrons. The highest BCUT2D eigenvalue weighted by Gasteiger charge is 2.35. The van der Waals surface area contributed by atoms with Crippen molar-refractivity contribution in [2.75, 3.05) is 24.6 Å². The third-order valence-electron chi connectivity index (χ3n) is 4.92. The monoisotopic (exact) mass is 282 g/mol. The number of carbonyl (C=O) groups excluding carboxylic acids is 1. The molecule has 19 heavy (non-hydrogen) atoms. The molecule has 2 heterocycles. The molecule has 0 bridgehead atoms. The average Bonchev–Trinajstić information content (AvgIpc) is 3.07. The van der Waals surface area contributed by atoms with Crippen molar-refractivity contribution >= 4 is 17.7 Å². The minimum absolute atomic E-state index is 0.415. The van der Waals surface area contributed by atoms with Crippen molar-refractivity contribution in [1.29, 1.82) is 0 Å². The zero-order valence-corrected chi connectivity index (χ0v) is 12.6. The number of thioether (sulfide) groups is 1. The number of carbonyl (C=O) groups is 1. The minimum atomic E-state index is 0.415. The number of nitrogens with one attached hydrogen (secondary N) is 1. The molecule has 1 amide bonds. The largest absolute Gasteiger partial charge is 0.339 e. The summed E-state index contributed by atoms with van der Waals surface area (Å²) in [6.07, 6.45) is 8.51. The lowest BCUT2D eigenvalue weighted by Gasteiger charge is -2.26. The van der Waals surface area contributed by atoms with Crippen LogP contribution in [0, 0.1) is 5.92 Å². The van der Waals surface area contributed by atoms with Crippen molar-refractivity contribution < 1.29 is 4.79 Å². The fourth-order valence-electron chi connectivity index (χ4n) is 3.75. The number of hydrogen-bond donors (Lipinski definition) is 1. The van der Waals surface area contributed by atoms with Crippen molar-refractivity contribution in [2.24, 2.45) is 5.92 Å². The van der Waals surface area contributed by atoms with Crippen LogP contribution in [0.4, 0.5) is 0 Å². The highest BCUT2D eigenvalue weighted by molar-refractivity contribution is 7.99. The third-order valence-corrected chi connectivity index (χ3v) is 5.97. The van der Waals surface area contributed by atoms with E-state index in [0.29, 0.717) is 23.9 Å². The molecule has 3 aliphatic rings. The first kappa shape index (κ1) is 13.7. The highest BCUT2D eigenvalue weighted by atomic mass is 32.2. The van der Waals surface area contributed by atoms with Gasteiger partial charge in [0.05, 0.1) is 0 Å². The molecule has 3 fully saturated rings. The Morgan fingerprint density at radius 2 is 1.89 bits per heavy atom. The molecule has 3 nitrogen and oxygen atoms in total. The van der Waals surface area contributed by atoms with Gasteiger partial charge in [-0.3, -0.25) is 4.79 Å². The van der Waals surface area contributed by atoms with Gasteiger partial charge < -0.3 is 10.2 Å². The van der Waals surface area contributed by atoms with E-state index in [-0.39, 0.29) is 0 Å². The Bertz CT molecular complexity index is 311. The molecule has 0 aromatic rings. The van der Waals surface area contributed by atoms with Gasteiger partial charge in [-0.25, -0.2) is 0 Å². The topological polar surface area (TPSA) is 32.3 Å². The summed E-state index contributed by atoms with van der Waals surface area (Å²) in [5, 5.41) is 3.70. The smallest absolute Gasteiger partial charge is 0.223 e. The number of hydrogen-bond acceptors (Lipinski definition) is 3. The average molecular weight is 282 g/mol. The molecule has 3 rings (SSSR count). The summed E-state index contributed by atoms with van der Waals surface area (Å²) < 4.78 is 0. The molecule has 1 aliphatic carbocycles. The number of likely N-dealkylation sites (tertiary alicyclic amines) is 1. The van der Waals surface area contributed by atoms with Crippen molar-refractivity contribution in [1.82, 2.24) is 10.2 Å². The van der Waals surface area contributed by atoms with E-state index in [4.69, 9.17) is 0 Å². The SMILES string of the molecule is O=C1C[C@@H](CNC2CCSCC2)CN1C1CCCC1. The van der Waals surface area contributed by atoms with Gasteiger partial charge in [-0.2, -0.15) is 11.8 Å². The van der Waals surface area contributed by atoms with E-state index >= 15 is 0 Å². The Morgan fingerprint density at radius 3 is 2.63 bits per heavy atom. The molecule has 0 unspecified atom stereocenters. The second kappa shape index (κ2) is 6.49. The first-order valence-corrected chi connectivity index (χ1v) is 9.09. The first-order valence-electron chi connectivity index (χ1n) is 7.93. The van der Waals surface area contributed by atoms with Gasteiger partial charge in [0.25, 0.3) is 0 Å². The van der Waals surface area contributed by atoms with Crippen LogP contribution in [0.2, 0.25) is 0 Å². The predicted molar refractivity (Wildman–Crippen MR) is 80.4 cm³/mol. The molecule has 4 heteroatoms. The number of amides is 1. The van der Waals surface area contributed by atoms with Gasteiger partial charge >= 0.3 is 0 Å². The summed E-state index contributed by atoms with van der Waals surface area (Å²) in [4.78, 5) is 14.3. The molecule has 1 saturated carbocycles. The fourth-order valence-corrected chi connectivity index (χ4v) is 4.86. The lowest BCUT2D eigenvalue weighted by atomic mass is 10.1. The molecular weight excluding hydrogens is 256 g/mol. The molecular formula is C15H26N2OS. The quantitative estimate of drug-likeness (QED) is 0.858. The second-order valence-corrected chi connectivity index (χ2v) is 7.57. The van der Waals surface area contributed by atoms with E-state index in [1.54, 1.807) is 0 Å². The molecule has 0 spiro atoms. The standard InChI is InChI=1S/C15H26N2OS/c18-15-9-12(10-16-13-5-7-19-8-6-13)11-17(15)14-3-1-2-4-14/h12-14,16H,1-11H2/t12-/m0/s1. The Kier molecular flexibility index (Phi) is 4.69. The van der Waals surface area contributed by atoms with Gasteiger partial charge in [-0.05, 0) is 43.1 Å². The molecule has 2 aliphatic heterocycles. The number of nitrogens with zero attached hydrogens (tertiary/aromatic N) is 1. The van der Waals surface area contributed by atoms with Gasteiger partial charge in [0.1, 0.15) is 0 Å². The van der Waals surface area contributed by atoms with Crippen molar-refractivity contribution in [3.63, 3.8) is 0 Å². The van der Waals surface area contributed by atoms with Crippen LogP contribution >= 0.6 is 11.8 Å². The van der Waals surface area contributed by atoms with E-state index in [1.807, 2.05) is 0 Å². The predicted octanol–water partition coefficient (Wildman–Crippen LogP) is 2.26. The summed E-state index contributed by atoms with van der Waals surface area (Å²) in [6, 6.07) is 1.28. The van der Waals surface area contributed by atoms with Crippen LogP contribution in [0.1, 0.15) is 44.9 Å². The lowest BCUT2D eigenvalue weighted by molar-refractivity contribution is -0.129. The fraction of sp³-hybridized carbons (Fsp3) is 0.933. The van der Waals surface area contributed by atoms with Crippen LogP contribution in [-0.4, -0.2) is 47.5 Å². The van der Waals surface area contributed by atoms with E-state index in [9.17, 15) is 4.79 Å². The van der Waals surface area contributed by atoms with Gasteiger partial charge in [0, 0.05) is 31.6 Å². The van der Waals surface area contributed by atoms with E-state index < -0.39 is 0 Å². The number of rotatable bonds is 4. The zero-order valence-electron chi connectivity index (χ0n) is 11.8. The highest BCUT2D eigenvalue weighted by Crippen LogP contribution is 2.29. The molecule has 1 atom stereocenters. The Hall–Kier alpha value is -0.220. The summed E-state index contributed by atoms with van der Waals surface area (Å²) >= 11 is 2.07. The molecule has 0 aromatic carbocycles. The van der Waals surface area contributed by atoms with E-state index in [1.165, 1.54) is 50.0 Å². The Balaban J connectivity index is 1.43. The normalized spacial score (nSPS) is 30.4. The molecule has 2 saturated heterocycles. The van der Waals surface area contributed by atoms with Gasteiger partial charge in [-0.1, -0.05) is 12.8 Å². The second-order valence-electron chi connectivity index (χ2n) is 6.35. The third kappa shape index (κ3) is 3.46. The van der Waals surface area contributed by atoms with Gasteiger partial charge in [0.2, 0.25) is 5.91 Å². The maximum atomic E-state index is 12.1. The Labute approximate surface area is 120 Å². The molecule has 108 valence electrons. The van der Waals surface area contributed by atoms with Crippen LogP contribution in [0.3, 0.4) is 0 Å².